The summed E-state index contributed by atoms with van der Waals surface area (Å²) in [6.07, 6.45) is 1.19. The molecule has 1 amide bonds. The van der Waals surface area contributed by atoms with Crippen molar-refractivity contribution in [3.63, 3.8) is 0 Å². The Morgan fingerprint density at radius 2 is 2.04 bits per heavy atom. The van der Waals surface area contributed by atoms with Crippen molar-refractivity contribution in [1.29, 1.82) is 0 Å². The molecule has 1 N–H and O–H groups in total. The molecule has 2 aromatic rings. The van der Waals surface area contributed by atoms with E-state index in [1.54, 1.807) is 6.20 Å². The van der Waals surface area contributed by atoms with Gasteiger partial charge in [-0.3, -0.25) is 4.79 Å². The van der Waals surface area contributed by atoms with Gasteiger partial charge in [0.25, 0.3) is 5.91 Å². The van der Waals surface area contributed by atoms with Crippen molar-refractivity contribution < 1.29 is 18.7 Å². The van der Waals surface area contributed by atoms with Crippen LogP contribution in [0.3, 0.4) is 0 Å². The van der Waals surface area contributed by atoms with Crippen molar-refractivity contribution in [1.82, 2.24) is 4.98 Å². The molecule has 1 aromatic carbocycles. The minimum Gasteiger partial charge on any atom is -0.441 e. The zero-order valence-corrected chi connectivity index (χ0v) is 13.2. The van der Waals surface area contributed by atoms with E-state index in [1.807, 2.05) is 24.3 Å². The summed E-state index contributed by atoms with van der Waals surface area (Å²) >= 11 is 0. The summed E-state index contributed by atoms with van der Waals surface area (Å²) < 4.78 is 16.3. The molecule has 6 nitrogen and oxygen atoms in total. The molecule has 1 aromatic heterocycles. The normalized spacial score (nSPS) is 18.1. The number of oxazole rings is 1. The molecule has 0 radical (unpaired) electrons. The monoisotopic (exact) mass is 316 g/mol. The third-order valence-corrected chi connectivity index (χ3v) is 3.60. The highest BCUT2D eigenvalue weighted by molar-refractivity contribution is 5.94. The Hall–Kier alpha value is -2.18. The van der Waals surface area contributed by atoms with Crippen LogP contribution in [-0.2, 0) is 14.3 Å². The molecule has 0 spiro atoms. The van der Waals surface area contributed by atoms with Gasteiger partial charge in [-0.25, -0.2) is 4.98 Å². The van der Waals surface area contributed by atoms with E-state index in [9.17, 15) is 4.79 Å². The summed E-state index contributed by atoms with van der Waals surface area (Å²) in [5.74, 6) is 1.53. The van der Waals surface area contributed by atoms with E-state index in [0.717, 1.165) is 11.3 Å². The third-order valence-electron chi connectivity index (χ3n) is 3.60. The van der Waals surface area contributed by atoms with Gasteiger partial charge in [-0.05, 0) is 24.3 Å². The molecule has 1 unspecified atom stereocenters. The van der Waals surface area contributed by atoms with Crippen LogP contribution in [0.5, 0.6) is 0 Å². The van der Waals surface area contributed by atoms with Crippen LogP contribution in [0.4, 0.5) is 5.69 Å². The summed E-state index contributed by atoms with van der Waals surface area (Å²) in [4.78, 5) is 16.3. The second kappa shape index (κ2) is 6.93. The fraction of sp³-hybridized carbons (Fsp3) is 0.412. The Morgan fingerprint density at radius 1 is 1.26 bits per heavy atom. The molecular weight excluding hydrogens is 296 g/mol. The van der Waals surface area contributed by atoms with Crippen LogP contribution < -0.4 is 5.32 Å². The van der Waals surface area contributed by atoms with Gasteiger partial charge in [0.2, 0.25) is 5.89 Å². The standard InChI is InChI=1S/C17H20N2O4/c1-11(2)14-9-18-17(23-14)12-3-5-13(6-4-12)19-16(20)15-10-21-7-8-22-15/h3-6,9,11,15H,7-8,10H2,1-2H3,(H,19,20). The zero-order chi connectivity index (χ0) is 16.2. The van der Waals surface area contributed by atoms with E-state index in [0.29, 0.717) is 30.7 Å². The molecule has 0 aliphatic carbocycles. The van der Waals surface area contributed by atoms with E-state index >= 15 is 0 Å². The van der Waals surface area contributed by atoms with E-state index < -0.39 is 6.10 Å². The zero-order valence-electron chi connectivity index (χ0n) is 13.2. The predicted molar refractivity (Wildman–Crippen MR) is 85.2 cm³/mol. The van der Waals surface area contributed by atoms with Crippen molar-refractivity contribution in [3.8, 4) is 11.5 Å². The van der Waals surface area contributed by atoms with Gasteiger partial charge in [-0.15, -0.1) is 0 Å². The first-order valence-electron chi connectivity index (χ1n) is 7.70. The summed E-state index contributed by atoms with van der Waals surface area (Å²) in [6, 6.07) is 7.36. The highest BCUT2D eigenvalue weighted by atomic mass is 16.6. The number of carbonyl (C=O) groups is 1. The molecule has 0 saturated carbocycles. The van der Waals surface area contributed by atoms with Crippen molar-refractivity contribution in [2.45, 2.75) is 25.9 Å². The lowest BCUT2D eigenvalue weighted by molar-refractivity contribution is -0.142. The highest BCUT2D eigenvalue weighted by Crippen LogP contribution is 2.24. The second-order valence-corrected chi connectivity index (χ2v) is 5.72. The number of carbonyl (C=O) groups excluding carboxylic acids is 1. The van der Waals surface area contributed by atoms with Crippen LogP contribution in [0.2, 0.25) is 0 Å². The predicted octanol–water partition coefficient (Wildman–Crippen LogP) is 2.82. The second-order valence-electron chi connectivity index (χ2n) is 5.72. The Balaban J connectivity index is 1.65. The van der Waals surface area contributed by atoms with Gasteiger partial charge < -0.3 is 19.2 Å². The first-order valence-corrected chi connectivity index (χ1v) is 7.70. The topological polar surface area (TPSA) is 73.6 Å². The fourth-order valence-electron chi connectivity index (χ4n) is 2.25. The largest absolute Gasteiger partial charge is 0.441 e. The van der Waals surface area contributed by atoms with Gasteiger partial charge in [-0.1, -0.05) is 13.8 Å². The fourth-order valence-corrected chi connectivity index (χ4v) is 2.25. The van der Waals surface area contributed by atoms with Crippen LogP contribution in [0.15, 0.2) is 34.9 Å². The smallest absolute Gasteiger partial charge is 0.255 e. The number of aromatic nitrogens is 1. The third kappa shape index (κ3) is 3.78. The van der Waals surface area contributed by atoms with Crippen molar-refractivity contribution in [3.05, 3.63) is 36.2 Å². The molecule has 23 heavy (non-hydrogen) atoms. The molecule has 0 bridgehead atoms. The van der Waals surface area contributed by atoms with Crippen LogP contribution in [-0.4, -0.2) is 36.8 Å². The molecule has 6 heteroatoms. The lowest BCUT2D eigenvalue weighted by Gasteiger charge is -2.22. The highest BCUT2D eigenvalue weighted by Gasteiger charge is 2.22. The van der Waals surface area contributed by atoms with E-state index in [1.165, 1.54) is 0 Å². The van der Waals surface area contributed by atoms with Crippen LogP contribution in [0.25, 0.3) is 11.5 Å². The molecule has 1 aliphatic heterocycles. The Bertz CT molecular complexity index is 657. The molecule has 1 aliphatic rings. The molecule has 1 saturated heterocycles. The number of benzene rings is 1. The van der Waals surface area contributed by atoms with Gasteiger partial charge in [0.1, 0.15) is 5.76 Å². The van der Waals surface area contributed by atoms with Crippen LogP contribution >= 0.6 is 0 Å². The van der Waals surface area contributed by atoms with Gasteiger partial charge >= 0.3 is 0 Å². The van der Waals surface area contributed by atoms with Gasteiger partial charge in [0.05, 0.1) is 26.0 Å². The van der Waals surface area contributed by atoms with Gasteiger partial charge in [-0.2, -0.15) is 0 Å². The van der Waals surface area contributed by atoms with Crippen molar-refractivity contribution >= 4 is 11.6 Å². The maximum absolute atomic E-state index is 12.1. The number of amides is 1. The Labute approximate surface area is 134 Å². The quantitative estimate of drug-likeness (QED) is 0.939. The number of ether oxygens (including phenoxy) is 2. The van der Waals surface area contributed by atoms with E-state index in [2.05, 4.69) is 24.1 Å². The molecular formula is C17H20N2O4. The van der Waals surface area contributed by atoms with Crippen LogP contribution in [0, 0.1) is 0 Å². The van der Waals surface area contributed by atoms with E-state index in [-0.39, 0.29) is 12.5 Å². The summed E-state index contributed by atoms with van der Waals surface area (Å²) in [7, 11) is 0. The number of hydrogen-bond acceptors (Lipinski definition) is 5. The van der Waals surface area contributed by atoms with Gasteiger partial charge in [0, 0.05) is 17.2 Å². The van der Waals surface area contributed by atoms with Crippen molar-refractivity contribution in [2.24, 2.45) is 0 Å². The first kappa shape index (κ1) is 15.7. The average molecular weight is 316 g/mol. The lowest BCUT2D eigenvalue weighted by Crippen LogP contribution is -2.39. The number of nitrogens with one attached hydrogen (secondary N) is 1. The average Bonchev–Trinajstić information content (AvgIpc) is 3.07. The van der Waals surface area contributed by atoms with Crippen LogP contribution in [0.1, 0.15) is 25.5 Å². The maximum Gasteiger partial charge on any atom is 0.255 e. The Morgan fingerprint density at radius 3 is 2.65 bits per heavy atom. The number of hydrogen-bond donors (Lipinski definition) is 1. The molecule has 1 fully saturated rings. The first-order chi connectivity index (χ1) is 11.1. The van der Waals surface area contributed by atoms with Gasteiger partial charge in [0.15, 0.2) is 6.10 Å². The SMILES string of the molecule is CC(C)c1cnc(-c2ccc(NC(=O)C3COCCO3)cc2)o1. The molecule has 122 valence electrons. The lowest BCUT2D eigenvalue weighted by atomic mass is 10.2. The summed E-state index contributed by atoms with van der Waals surface area (Å²) in [5, 5.41) is 2.82. The number of nitrogens with zero attached hydrogens (tertiary/aromatic N) is 1. The number of rotatable bonds is 4. The minimum absolute atomic E-state index is 0.198. The molecule has 2 heterocycles. The maximum atomic E-state index is 12.1. The molecule has 3 rings (SSSR count). The summed E-state index contributed by atoms with van der Waals surface area (Å²) in [5.41, 5.74) is 1.57. The number of anilines is 1. The minimum atomic E-state index is -0.552. The summed E-state index contributed by atoms with van der Waals surface area (Å²) in [6.45, 7) is 5.38. The van der Waals surface area contributed by atoms with E-state index in [4.69, 9.17) is 13.9 Å². The van der Waals surface area contributed by atoms with Crippen molar-refractivity contribution in [2.75, 3.05) is 25.1 Å². The molecule has 1 atom stereocenters. The Kier molecular flexibility index (Phi) is 4.73.